The van der Waals surface area contributed by atoms with Crippen molar-refractivity contribution in [3.8, 4) is 5.69 Å². The van der Waals surface area contributed by atoms with Gasteiger partial charge < -0.3 is 5.32 Å². The maximum Gasteiger partial charge on any atom is 0.251 e. The van der Waals surface area contributed by atoms with Gasteiger partial charge in [0, 0.05) is 30.4 Å². The van der Waals surface area contributed by atoms with Crippen molar-refractivity contribution < 1.29 is 4.79 Å². The van der Waals surface area contributed by atoms with Gasteiger partial charge in [-0.15, -0.1) is 5.10 Å². The summed E-state index contributed by atoms with van der Waals surface area (Å²) in [6.45, 7) is 0.546. The van der Waals surface area contributed by atoms with Crippen molar-refractivity contribution in [2.75, 3.05) is 6.54 Å². The van der Waals surface area contributed by atoms with Crippen LogP contribution < -0.4 is 5.32 Å². The summed E-state index contributed by atoms with van der Waals surface area (Å²) in [5, 5.41) is 13.8. The van der Waals surface area contributed by atoms with Crippen LogP contribution in [0.5, 0.6) is 0 Å². The van der Waals surface area contributed by atoms with Crippen molar-refractivity contribution in [2.45, 2.75) is 6.42 Å². The molecule has 0 fully saturated rings. The van der Waals surface area contributed by atoms with Gasteiger partial charge in [0.2, 0.25) is 0 Å². The molecular weight excluding hydrogens is 280 g/mol. The Morgan fingerprint density at radius 1 is 1.14 bits per heavy atom. The van der Waals surface area contributed by atoms with Gasteiger partial charge in [0.25, 0.3) is 5.91 Å². The Kier molecular flexibility index (Phi) is 4.15. The first-order chi connectivity index (χ1) is 10.8. The van der Waals surface area contributed by atoms with Crippen molar-refractivity contribution >= 4 is 5.91 Å². The molecule has 0 bridgehead atoms. The monoisotopic (exact) mass is 294 g/mol. The van der Waals surface area contributed by atoms with E-state index in [-0.39, 0.29) is 5.91 Å². The number of tetrazole rings is 1. The smallest absolute Gasteiger partial charge is 0.251 e. The van der Waals surface area contributed by atoms with E-state index in [0.717, 1.165) is 11.4 Å². The molecule has 0 aliphatic heterocycles. The number of benzene rings is 1. The van der Waals surface area contributed by atoms with Crippen LogP contribution in [-0.2, 0) is 6.42 Å². The number of amides is 1. The second-order valence-corrected chi connectivity index (χ2v) is 4.63. The molecule has 0 aliphatic rings. The van der Waals surface area contributed by atoms with Gasteiger partial charge in [0.15, 0.2) is 0 Å². The number of nitrogens with zero attached hydrogens (tertiary/aromatic N) is 5. The van der Waals surface area contributed by atoms with Crippen molar-refractivity contribution in [3.63, 3.8) is 0 Å². The summed E-state index contributed by atoms with van der Waals surface area (Å²) < 4.78 is 1.53. The third-order valence-corrected chi connectivity index (χ3v) is 3.14. The van der Waals surface area contributed by atoms with Crippen LogP contribution in [0.15, 0.2) is 55.0 Å². The first kappa shape index (κ1) is 13.9. The van der Waals surface area contributed by atoms with Crippen LogP contribution in [0, 0.1) is 0 Å². The number of hydrogen-bond donors (Lipinski definition) is 1. The molecule has 0 spiro atoms. The molecule has 2 heterocycles. The lowest BCUT2D eigenvalue weighted by Crippen LogP contribution is -2.25. The van der Waals surface area contributed by atoms with Crippen LogP contribution >= 0.6 is 0 Å². The highest BCUT2D eigenvalue weighted by Crippen LogP contribution is 2.07. The summed E-state index contributed by atoms with van der Waals surface area (Å²) in [5.74, 6) is -0.112. The Hall–Kier alpha value is -3.09. The van der Waals surface area contributed by atoms with Crippen molar-refractivity contribution in [2.24, 2.45) is 0 Å². The maximum atomic E-state index is 12.1. The average molecular weight is 294 g/mol. The number of carbonyl (C=O) groups is 1. The van der Waals surface area contributed by atoms with Crippen LogP contribution in [0.25, 0.3) is 5.69 Å². The molecule has 7 heteroatoms. The second kappa shape index (κ2) is 6.57. The molecule has 2 aromatic heterocycles. The quantitative estimate of drug-likeness (QED) is 0.759. The number of hydrogen-bond acceptors (Lipinski definition) is 5. The lowest BCUT2D eigenvalue weighted by molar-refractivity contribution is 0.0954. The Labute approximate surface area is 127 Å². The Balaban J connectivity index is 1.56. The molecule has 0 aliphatic carbocycles. The fourth-order valence-corrected chi connectivity index (χ4v) is 2.00. The lowest BCUT2D eigenvalue weighted by Gasteiger charge is -2.06. The molecular formula is C15H14N6O. The third kappa shape index (κ3) is 3.32. The summed E-state index contributed by atoms with van der Waals surface area (Å²) in [4.78, 5) is 16.3. The zero-order chi connectivity index (χ0) is 15.2. The predicted octanol–water partition coefficient (Wildman–Crippen LogP) is 1.03. The third-order valence-electron chi connectivity index (χ3n) is 3.14. The highest BCUT2D eigenvalue weighted by Gasteiger charge is 2.06. The van der Waals surface area contributed by atoms with E-state index < -0.39 is 0 Å². The lowest BCUT2D eigenvalue weighted by atomic mass is 10.2. The minimum atomic E-state index is -0.112. The van der Waals surface area contributed by atoms with Crippen molar-refractivity contribution in [1.82, 2.24) is 30.5 Å². The zero-order valence-corrected chi connectivity index (χ0v) is 11.8. The molecule has 0 unspecified atom stereocenters. The second-order valence-electron chi connectivity index (χ2n) is 4.63. The van der Waals surface area contributed by atoms with E-state index in [9.17, 15) is 4.79 Å². The van der Waals surface area contributed by atoms with E-state index in [1.165, 1.54) is 11.0 Å². The molecule has 3 rings (SSSR count). The van der Waals surface area contributed by atoms with E-state index in [4.69, 9.17) is 0 Å². The van der Waals surface area contributed by atoms with E-state index in [0.29, 0.717) is 18.5 Å². The van der Waals surface area contributed by atoms with Crippen molar-refractivity contribution in [3.05, 3.63) is 66.2 Å². The largest absolute Gasteiger partial charge is 0.352 e. The normalized spacial score (nSPS) is 10.4. The Morgan fingerprint density at radius 2 is 2.00 bits per heavy atom. The van der Waals surface area contributed by atoms with E-state index in [2.05, 4.69) is 25.8 Å². The first-order valence-electron chi connectivity index (χ1n) is 6.84. The first-order valence-corrected chi connectivity index (χ1v) is 6.84. The number of aromatic nitrogens is 5. The molecule has 1 aromatic carbocycles. The van der Waals surface area contributed by atoms with Gasteiger partial charge in [-0.05, 0) is 46.8 Å². The van der Waals surface area contributed by atoms with Crippen LogP contribution in [0.4, 0.5) is 0 Å². The van der Waals surface area contributed by atoms with Crippen LogP contribution in [0.1, 0.15) is 16.1 Å². The number of carbonyl (C=O) groups excluding carboxylic acids is 1. The Bertz CT molecular complexity index is 724. The predicted molar refractivity (Wildman–Crippen MR) is 79.4 cm³/mol. The van der Waals surface area contributed by atoms with Crippen molar-refractivity contribution in [1.29, 1.82) is 0 Å². The summed E-state index contributed by atoms with van der Waals surface area (Å²) in [7, 11) is 0. The van der Waals surface area contributed by atoms with Gasteiger partial charge in [-0.3, -0.25) is 9.78 Å². The topological polar surface area (TPSA) is 85.6 Å². The number of pyridine rings is 1. The number of nitrogens with one attached hydrogen (secondary N) is 1. The molecule has 1 N–H and O–H groups in total. The van der Waals surface area contributed by atoms with Gasteiger partial charge >= 0.3 is 0 Å². The van der Waals surface area contributed by atoms with E-state index >= 15 is 0 Å². The average Bonchev–Trinajstić information content (AvgIpc) is 3.10. The van der Waals surface area contributed by atoms with Crippen LogP contribution in [-0.4, -0.2) is 37.6 Å². The zero-order valence-electron chi connectivity index (χ0n) is 11.8. The summed E-state index contributed by atoms with van der Waals surface area (Å²) in [6.07, 6.45) is 3.95. The van der Waals surface area contributed by atoms with Crippen LogP contribution in [0.3, 0.4) is 0 Å². The van der Waals surface area contributed by atoms with Gasteiger partial charge in [0.05, 0.1) is 5.69 Å². The standard InChI is InChI=1S/C15H14N6O/c22-15(17-10-8-13-3-1-2-9-16-13)12-4-6-14(7-5-12)21-11-18-19-20-21/h1-7,9,11H,8,10H2,(H,17,22). The fraction of sp³-hybridized carbons (Fsp3) is 0.133. The van der Waals surface area contributed by atoms with Gasteiger partial charge in [-0.25, -0.2) is 4.68 Å². The SMILES string of the molecule is O=C(NCCc1ccccn1)c1ccc(-n2cnnn2)cc1. The molecule has 22 heavy (non-hydrogen) atoms. The number of rotatable bonds is 5. The minimum absolute atomic E-state index is 0.112. The molecule has 0 saturated heterocycles. The fourth-order valence-electron chi connectivity index (χ4n) is 2.00. The van der Waals surface area contributed by atoms with Gasteiger partial charge in [-0.2, -0.15) is 0 Å². The minimum Gasteiger partial charge on any atom is -0.352 e. The molecule has 0 saturated carbocycles. The van der Waals surface area contributed by atoms with E-state index in [1.807, 2.05) is 18.2 Å². The summed E-state index contributed by atoms with van der Waals surface area (Å²) in [6, 6.07) is 12.8. The highest BCUT2D eigenvalue weighted by atomic mass is 16.1. The van der Waals surface area contributed by atoms with Crippen LogP contribution in [0.2, 0.25) is 0 Å². The molecule has 1 amide bonds. The molecule has 110 valence electrons. The molecule has 0 atom stereocenters. The van der Waals surface area contributed by atoms with Gasteiger partial charge in [-0.1, -0.05) is 6.07 Å². The molecule has 0 radical (unpaired) electrons. The Morgan fingerprint density at radius 3 is 2.68 bits per heavy atom. The van der Waals surface area contributed by atoms with E-state index in [1.54, 1.807) is 30.5 Å². The van der Waals surface area contributed by atoms with Gasteiger partial charge in [0.1, 0.15) is 6.33 Å². The molecule has 3 aromatic rings. The molecule has 7 nitrogen and oxygen atoms in total. The highest BCUT2D eigenvalue weighted by molar-refractivity contribution is 5.94. The summed E-state index contributed by atoms with van der Waals surface area (Å²) >= 11 is 0. The maximum absolute atomic E-state index is 12.1. The summed E-state index contributed by atoms with van der Waals surface area (Å²) in [5.41, 5.74) is 2.35.